The van der Waals surface area contributed by atoms with E-state index >= 15 is 0 Å². The zero-order valence-corrected chi connectivity index (χ0v) is 6.06. The zero-order valence-electron chi connectivity index (χ0n) is 5.31. The largest absolute Gasteiger partial charge is 0.198 e. The SMILES string of the molecule is N#CC1CCCC1CCl. The molecular formula is C7H10ClN. The minimum atomic E-state index is 0.252. The van der Waals surface area contributed by atoms with Crippen LogP contribution in [-0.2, 0) is 0 Å². The number of halogens is 1. The first kappa shape index (κ1) is 6.89. The van der Waals surface area contributed by atoms with E-state index in [0.29, 0.717) is 11.8 Å². The second-order valence-corrected chi connectivity index (χ2v) is 2.89. The van der Waals surface area contributed by atoms with Gasteiger partial charge in [0.2, 0.25) is 0 Å². The molecule has 0 radical (unpaired) electrons. The Labute approximate surface area is 60.6 Å². The molecular weight excluding hydrogens is 134 g/mol. The Morgan fingerprint density at radius 3 is 2.78 bits per heavy atom. The van der Waals surface area contributed by atoms with E-state index in [1.807, 2.05) is 0 Å². The van der Waals surface area contributed by atoms with Gasteiger partial charge in [-0.15, -0.1) is 11.6 Å². The van der Waals surface area contributed by atoms with E-state index in [-0.39, 0.29) is 5.92 Å². The predicted molar refractivity (Wildman–Crippen MR) is 37.2 cm³/mol. The minimum absolute atomic E-state index is 0.252. The molecule has 0 N–H and O–H groups in total. The van der Waals surface area contributed by atoms with Crippen molar-refractivity contribution in [2.24, 2.45) is 11.8 Å². The molecule has 0 amide bonds. The lowest BCUT2D eigenvalue weighted by Gasteiger charge is -2.06. The molecule has 1 nitrogen and oxygen atoms in total. The third-order valence-electron chi connectivity index (χ3n) is 2.02. The van der Waals surface area contributed by atoms with Crippen LogP contribution in [0.2, 0.25) is 0 Å². The standard InChI is InChI=1S/C7H10ClN/c8-4-6-2-1-3-7(6)5-9/h6-7H,1-4H2. The van der Waals surface area contributed by atoms with E-state index in [0.717, 1.165) is 12.8 Å². The van der Waals surface area contributed by atoms with Crippen molar-refractivity contribution in [2.45, 2.75) is 19.3 Å². The quantitative estimate of drug-likeness (QED) is 0.516. The molecule has 0 saturated heterocycles. The summed E-state index contributed by atoms with van der Waals surface area (Å²) in [5, 5.41) is 8.56. The van der Waals surface area contributed by atoms with Gasteiger partial charge in [-0.1, -0.05) is 6.42 Å². The van der Waals surface area contributed by atoms with Crippen LogP contribution in [0.15, 0.2) is 0 Å². The van der Waals surface area contributed by atoms with Crippen molar-refractivity contribution in [1.82, 2.24) is 0 Å². The number of hydrogen-bond acceptors (Lipinski definition) is 1. The Hall–Kier alpha value is -0.220. The first-order chi connectivity index (χ1) is 4.38. The van der Waals surface area contributed by atoms with Crippen molar-refractivity contribution in [2.75, 3.05) is 5.88 Å². The molecule has 0 aliphatic heterocycles. The number of nitriles is 1. The first-order valence-electron chi connectivity index (χ1n) is 3.34. The fourth-order valence-electron chi connectivity index (χ4n) is 1.39. The maximum absolute atomic E-state index is 8.56. The summed E-state index contributed by atoms with van der Waals surface area (Å²) in [6.45, 7) is 0. The van der Waals surface area contributed by atoms with Gasteiger partial charge < -0.3 is 0 Å². The summed E-state index contributed by atoms with van der Waals surface area (Å²) >= 11 is 5.63. The fraction of sp³-hybridized carbons (Fsp3) is 0.857. The lowest BCUT2D eigenvalue weighted by molar-refractivity contribution is 0.520. The lowest BCUT2D eigenvalue weighted by Crippen LogP contribution is -2.06. The highest BCUT2D eigenvalue weighted by Gasteiger charge is 2.25. The number of alkyl halides is 1. The van der Waals surface area contributed by atoms with Crippen LogP contribution in [0.25, 0.3) is 0 Å². The molecule has 0 bridgehead atoms. The molecule has 0 aromatic heterocycles. The van der Waals surface area contributed by atoms with Gasteiger partial charge in [-0.05, 0) is 18.8 Å². The predicted octanol–water partition coefficient (Wildman–Crippen LogP) is 2.17. The maximum Gasteiger partial charge on any atom is 0.0659 e. The Bertz CT molecular complexity index is 127. The van der Waals surface area contributed by atoms with Crippen LogP contribution in [0.1, 0.15) is 19.3 Å². The summed E-state index contributed by atoms with van der Waals surface area (Å²) in [5.74, 6) is 1.40. The maximum atomic E-state index is 8.56. The second kappa shape index (κ2) is 3.08. The van der Waals surface area contributed by atoms with Crippen molar-refractivity contribution in [1.29, 1.82) is 5.26 Å². The Morgan fingerprint density at radius 2 is 2.33 bits per heavy atom. The molecule has 1 saturated carbocycles. The summed E-state index contributed by atoms with van der Waals surface area (Å²) in [6.07, 6.45) is 3.41. The van der Waals surface area contributed by atoms with Gasteiger partial charge >= 0.3 is 0 Å². The molecule has 0 heterocycles. The van der Waals surface area contributed by atoms with E-state index in [4.69, 9.17) is 16.9 Å². The topological polar surface area (TPSA) is 23.8 Å². The third kappa shape index (κ3) is 1.37. The van der Waals surface area contributed by atoms with Crippen molar-refractivity contribution in [3.05, 3.63) is 0 Å². The molecule has 2 atom stereocenters. The van der Waals surface area contributed by atoms with Crippen molar-refractivity contribution < 1.29 is 0 Å². The highest BCUT2D eigenvalue weighted by molar-refractivity contribution is 6.18. The summed E-state index contributed by atoms with van der Waals surface area (Å²) in [7, 11) is 0. The highest BCUT2D eigenvalue weighted by Crippen LogP contribution is 2.31. The molecule has 0 aromatic rings. The molecule has 2 unspecified atom stereocenters. The van der Waals surface area contributed by atoms with E-state index in [2.05, 4.69) is 6.07 Å². The normalized spacial score (nSPS) is 34.2. The van der Waals surface area contributed by atoms with E-state index < -0.39 is 0 Å². The van der Waals surface area contributed by atoms with E-state index in [9.17, 15) is 0 Å². The van der Waals surface area contributed by atoms with E-state index in [1.165, 1.54) is 6.42 Å². The van der Waals surface area contributed by atoms with Gasteiger partial charge in [-0.25, -0.2) is 0 Å². The van der Waals surface area contributed by atoms with Crippen LogP contribution in [-0.4, -0.2) is 5.88 Å². The van der Waals surface area contributed by atoms with Crippen LogP contribution in [0.3, 0.4) is 0 Å². The van der Waals surface area contributed by atoms with Crippen LogP contribution in [0.4, 0.5) is 0 Å². The van der Waals surface area contributed by atoms with Gasteiger partial charge in [0.05, 0.1) is 12.0 Å². The molecule has 1 fully saturated rings. The average Bonchev–Trinajstić information content (AvgIpc) is 2.33. The Morgan fingerprint density at radius 1 is 1.56 bits per heavy atom. The van der Waals surface area contributed by atoms with Crippen LogP contribution in [0, 0.1) is 23.2 Å². The van der Waals surface area contributed by atoms with Crippen molar-refractivity contribution >= 4 is 11.6 Å². The zero-order chi connectivity index (χ0) is 6.69. The molecule has 50 valence electrons. The summed E-state index contributed by atoms with van der Waals surface area (Å²) in [6, 6.07) is 2.28. The molecule has 9 heavy (non-hydrogen) atoms. The van der Waals surface area contributed by atoms with Crippen molar-refractivity contribution in [3.8, 4) is 6.07 Å². The molecule has 0 spiro atoms. The molecule has 0 aromatic carbocycles. The fourth-order valence-corrected chi connectivity index (χ4v) is 1.76. The van der Waals surface area contributed by atoms with Gasteiger partial charge in [-0.3, -0.25) is 0 Å². The van der Waals surface area contributed by atoms with Crippen LogP contribution >= 0.6 is 11.6 Å². The van der Waals surface area contributed by atoms with Gasteiger partial charge in [0, 0.05) is 5.88 Å². The third-order valence-corrected chi connectivity index (χ3v) is 2.42. The lowest BCUT2D eigenvalue weighted by atomic mass is 10.0. The summed E-state index contributed by atoms with van der Waals surface area (Å²) in [5.41, 5.74) is 0. The van der Waals surface area contributed by atoms with Gasteiger partial charge in [0.1, 0.15) is 0 Å². The number of hydrogen-bond donors (Lipinski definition) is 0. The monoisotopic (exact) mass is 143 g/mol. The van der Waals surface area contributed by atoms with Crippen LogP contribution in [0.5, 0.6) is 0 Å². The molecule has 1 rings (SSSR count). The summed E-state index contributed by atoms with van der Waals surface area (Å²) < 4.78 is 0. The number of nitrogens with zero attached hydrogens (tertiary/aromatic N) is 1. The first-order valence-corrected chi connectivity index (χ1v) is 3.87. The molecule has 1 aliphatic rings. The van der Waals surface area contributed by atoms with Gasteiger partial charge in [-0.2, -0.15) is 5.26 Å². The van der Waals surface area contributed by atoms with Crippen LogP contribution < -0.4 is 0 Å². The summed E-state index contributed by atoms with van der Waals surface area (Å²) in [4.78, 5) is 0. The average molecular weight is 144 g/mol. The smallest absolute Gasteiger partial charge is 0.0659 e. The minimum Gasteiger partial charge on any atom is -0.198 e. The molecule has 1 aliphatic carbocycles. The van der Waals surface area contributed by atoms with E-state index in [1.54, 1.807) is 0 Å². The second-order valence-electron chi connectivity index (χ2n) is 2.58. The Balaban J connectivity index is 2.44. The Kier molecular flexibility index (Phi) is 2.36. The highest BCUT2D eigenvalue weighted by atomic mass is 35.5. The molecule has 2 heteroatoms. The number of rotatable bonds is 1. The van der Waals surface area contributed by atoms with Gasteiger partial charge in [0.25, 0.3) is 0 Å². The van der Waals surface area contributed by atoms with Crippen molar-refractivity contribution in [3.63, 3.8) is 0 Å². The van der Waals surface area contributed by atoms with Gasteiger partial charge in [0.15, 0.2) is 0 Å².